The number of Topliss-reactive ketones (excluding diaryl/α,β-unsaturated/α-hetero) is 1. The summed E-state index contributed by atoms with van der Waals surface area (Å²) in [5.74, 6) is -1.48. The van der Waals surface area contributed by atoms with E-state index >= 15 is 0 Å². The Labute approximate surface area is 178 Å². The highest BCUT2D eigenvalue weighted by molar-refractivity contribution is 7.14. The standard InChI is InChI=1S/C21H24N2O6S/c1-11-20(30-12(2)22-11)18(25)16-17(13-6-7-14(24)15(10-13)29-4)23(8-5-9-28-3)21(27)19(16)26/h6-7,10,17,24,26H,5,8-9H2,1-4H3. The Bertz CT molecular complexity index is 1010. The van der Waals surface area contributed by atoms with Crippen LogP contribution in [0.3, 0.4) is 0 Å². The average molecular weight is 432 g/mol. The largest absolute Gasteiger partial charge is 0.504 e. The van der Waals surface area contributed by atoms with E-state index in [0.29, 0.717) is 29.2 Å². The number of aryl methyl sites for hydroxylation is 2. The number of aromatic nitrogens is 1. The summed E-state index contributed by atoms with van der Waals surface area (Å²) in [5, 5.41) is 21.3. The first kappa shape index (κ1) is 21.8. The van der Waals surface area contributed by atoms with Crippen LogP contribution in [0, 0.1) is 13.8 Å². The number of aromatic hydroxyl groups is 1. The second kappa shape index (κ2) is 8.85. The van der Waals surface area contributed by atoms with Crippen LogP contribution in [0.2, 0.25) is 0 Å². The Morgan fingerprint density at radius 2 is 2.00 bits per heavy atom. The number of aliphatic hydroxyl groups is 1. The lowest BCUT2D eigenvalue weighted by Gasteiger charge is -2.27. The van der Waals surface area contributed by atoms with Gasteiger partial charge in [0, 0.05) is 20.3 Å². The lowest BCUT2D eigenvalue weighted by molar-refractivity contribution is -0.129. The summed E-state index contributed by atoms with van der Waals surface area (Å²) in [6, 6.07) is 3.78. The van der Waals surface area contributed by atoms with Crippen LogP contribution in [0.15, 0.2) is 29.5 Å². The van der Waals surface area contributed by atoms with Crippen LogP contribution in [0.25, 0.3) is 0 Å². The van der Waals surface area contributed by atoms with Gasteiger partial charge in [-0.25, -0.2) is 4.98 Å². The summed E-state index contributed by atoms with van der Waals surface area (Å²) in [6.45, 7) is 4.22. The number of ketones is 1. The lowest BCUT2D eigenvalue weighted by atomic mass is 9.94. The summed E-state index contributed by atoms with van der Waals surface area (Å²) in [5.41, 5.74) is 1.09. The van der Waals surface area contributed by atoms with Gasteiger partial charge in [-0.2, -0.15) is 0 Å². The summed E-state index contributed by atoms with van der Waals surface area (Å²) in [6.07, 6.45) is 0.529. The smallest absolute Gasteiger partial charge is 0.290 e. The Balaban J connectivity index is 2.10. The van der Waals surface area contributed by atoms with Crippen molar-refractivity contribution in [2.24, 2.45) is 0 Å². The van der Waals surface area contributed by atoms with Crippen LogP contribution >= 0.6 is 11.3 Å². The van der Waals surface area contributed by atoms with Gasteiger partial charge < -0.3 is 24.6 Å². The first-order chi connectivity index (χ1) is 14.3. The van der Waals surface area contributed by atoms with Gasteiger partial charge in [-0.3, -0.25) is 9.59 Å². The number of phenols is 1. The van der Waals surface area contributed by atoms with Gasteiger partial charge in [-0.05, 0) is 38.0 Å². The topological polar surface area (TPSA) is 109 Å². The third kappa shape index (κ3) is 3.90. The van der Waals surface area contributed by atoms with Crippen molar-refractivity contribution in [1.82, 2.24) is 9.88 Å². The van der Waals surface area contributed by atoms with Crippen LogP contribution < -0.4 is 4.74 Å². The Morgan fingerprint density at radius 3 is 2.60 bits per heavy atom. The van der Waals surface area contributed by atoms with Gasteiger partial charge in [0.25, 0.3) is 5.91 Å². The lowest BCUT2D eigenvalue weighted by Crippen LogP contribution is -2.32. The maximum absolute atomic E-state index is 13.4. The normalized spacial score (nSPS) is 16.5. The van der Waals surface area contributed by atoms with E-state index in [2.05, 4.69) is 4.98 Å². The number of methoxy groups -OCH3 is 2. The zero-order valence-electron chi connectivity index (χ0n) is 17.3. The molecule has 0 fully saturated rings. The van der Waals surface area contributed by atoms with E-state index in [1.165, 1.54) is 29.4 Å². The van der Waals surface area contributed by atoms with E-state index in [0.717, 1.165) is 5.01 Å². The first-order valence-corrected chi connectivity index (χ1v) is 10.2. The Morgan fingerprint density at radius 1 is 1.27 bits per heavy atom. The number of phenolic OH excluding ortho intramolecular Hbond substituents is 1. The summed E-state index contributed by atoms with van der Waals surface area (Å²) < 4.78 is 10.3. The van der Waals surface area contributed by atoms with Gasteiger partial charge in [-0.1, -0.05) is 6.07 Å². The number of carbonyl (C=O) groups is 2. The number of benzene rings is 1. The van der Waals surface area contributed by atoms with Crippen molar-refractivity contribution in [2.75, 3.05) is 27.4 Å². The minimum Gasteiger partial charge on any atom is -0.504 e. The molecule has 0 radical (unpaired) electrons. The minimum atomic E-state index is -0.821. The van der Waals surface area contributed by atoms with Crippen LogP contribution in [0.4, 0.5) is 0 Å². The van der Waals surface area contributed by atoms with Crippen LogP contribution in [-0.4, -0.2) is 59.2 Å². The van der Waals surface area contributed by atoms with Crippen LogP contribution in [0.5, 0.6) is 11.5 Å². The van der Waals surface area contributed by atoms with Crippen molar-refractivity contribution in [3.8, 4) is 11.5 Å². The highest BCUT2D eigenvalue weighted by atomic mass is 32.1. The van der Waals surface area contributed by atoms with Gasteiger partial charge in [0.2, 0.25) is 5.78 Å². The molecule has 160 valence electrons. The quantitative estimate of drug-likeness (QED) is 0.487. The number of aliphatic hydroxyl groups excluding tert-OH is 1. The molecule has 3 rings (SSSR count). The molecular formula is C21H24N2O6S. The molecule has 1 aliphatic heterocycles. The van der Waals surface area contributed by atoms with Gasteiger partial charge >= 0.3 is 0 Å². The highest BCUT2D eigenvalue weighted by Gasteiger charge is 2.44. The molecular weight excluding hydrogens is 408 g/mol. The summed E-state index contributed by atoms with van der Waals surface area (Å²) in [4.78, 5) is 32.4. The van der Waals surface area contributed by atoms with E-state index in [-0.39, 0.29) is 23.6 Å². The molecule has 9 heteroatoms. The number of hydrogen-bond acceptors (Lipinski definition) is 8. The van der Waals surface area contributed by atoms with Crippen molar-refractivity contribution >= 4 is 23.0 Å². The number of amides is 1. The summed E-state index contributed by atoms with van der Waals surface area (Å²) in [7, 11) is 2.98. The van der Waals surface area contributed by atoms with Crippen molar-refractivity contribution in [1.29, 1.82) is 0 Å². The zero-order chi connectivity index (χ0) is 22.0. The van der Waals surface area contributed by atoms with E-state index in [1.807, 2.05) is 0 Å². The van der Waals surface area contributed by atoms with E-state index in [9.17, 15) is 19.8 Å². The Kier molecular flexibility index (Phi) is 6.42. The first-order valence-electron chi connectivity index (χ1n) is 9.38. The third-order valence-electron chi connectivity index (χ3n) is 4.93. The van der Waals surface area contributed by atoms with E-state index < -0.39 is 23.5 Å². The van der Waals surface area contributed by atoms with E-state index in [4.69, 9.17) is 9.47 Å². The molecule has 0 spiro atoms. The second-order valence-corrected chi connectivity index (χ2v) is 8.12. The number of carbonyl (C=O) groups excluding carboxylic acids is 2. The molecule has 1 unspecified atom stereocenters. The molecule has 1 aromatic carbocycles. The second-order valence-electron chi connectivity index (χ2n) is 6.92. The summed E-state index contributed by atoms with van der Waals surface area (Å²) >= 11 is 1.22. The highest BCUT2D eigenvalue weighted by Crippen LogP contribution is 2.42. The van der Waals surface area contributed by atoms with Crippen molar-refractivity contribution < 1.29 is 29.3 Å². The van der Waals surface area contributed by atoms with Crippen molar-refractivity contribution in [3.05, 3.63) is 50.7 Å². The fraction of sp³-hybridized carbons (Fsp3) is 0.381. The third-order valence-corrected chi connectivity index (χ3v) is 6.00. The molecule has 1 aliphatic rings. The van der Waals surface area contributed by atoms with Crippen LogP contribution in [-0.2, 0) is 9.53 Å². The predicted octanol–water partition coefficient (Wildman–Crippen LogP) is 3.09. The van der Waals surface area contributed by atoms with Crippen molar-refractivity contribution in [2.45, 2.75) is 26.3 Å². The SMILES string of the molecule is COCCCN1C(=O)C(O)=C(C(=O)c2sc(C)nc2C)C1c1ccc(O)c(OC)c1. The molecule has 0 saturated carbocycles. The van der Waals surface area contributed by atoms with Gasteiger partial charge in [0.1, 0.15) is 0 Å². The fourth-order valence-corrected chi connectivity index (χ4v) is 4.44. The monoisotopic (exact) mass is 432 g/mol. The maximum atomic E-state index is 13.4. The molecule has 1 atom stereocenters. The average Bonchev–Trinajstić information content (AvgIpc) is 3.18. The number of rotatable bonds is 8. The van der Waals surface area contributed by atoms with Gasteiger partial charge in [0.15, 0.2) is 17.3 Å². The van der Waals surface area contributed by atoms with Gasteiger partial charge in [0.05, 0.1) is 34.3 Å². The fourth-order valence-electron chi connectivity index (χ4n) is 3.57. The zero-order valence-corrected chi connectivity index (χ0v) is 18.1. The number of thiazole rings is 1. The molecule has 0 aliphatic carbocycles. The van der Waals surface area contributed by atoms with Crippen LogP contribution in [0.1, 0.15) is 38.4 Å². The molecule has 2 N–H and O–H groups in total. The Hall–Kier alpha value is -2.91. The molecule has 0 saturated heterocycles. The molecule has 1 aromatic heterocycles. The van der Waals surface area contributed by atoms with E-state index in [1.54, 1.807) is 33.1 Å². The maximum Gasteiger partial charge on any atom is 0.290 e. The number of hydrogen-bond donors (Lipinski definition) is 2. The molecule has 2 aromatic rings. The number of ether oxygens (including phenoxy) is 2. The molecule has 8 nitrogen and oxygen atoms in total. The van der Waals surface area contributed by atoms with Gasteiger partial charge in [-0.15, -0.1) is 11.3 Å². The molecule has 30 heavy (non-hydrogen) atoms. The number of nitrogens with zero attached hydrogens (tertiary/aromatic N) is 2. The predicted molar refractivity (Wildman–Crippen MR) is 111 cm³/mol. The van der Waals surface area contributed by atoms with Crippen molar-refractivity contribution in [3.63, 3.8) is 0 Å². The minimum absolute atomic E-state index is 0.00286. The molecule has 2 heterocycles. The molecule has 0 bridgehead atoms. The molecule has 1 amide bonds.